The first-order valence-electron chi connectivity index (χ1n) is 4.51. The van der Waals surface area contributed by atoms with E-state index in [9.17, 15) is 18.3 Å². The summed E-state index contributed by atoms with van der Waals surface area (Å²) in [6, 6.07) is 0.844. The van der Waals surface area contributed by atoms with Gasteiger partial charge in [0.15, 0.2) is 0 Å². The Morgan fingerprint density at radius 1 is 1.38 bits per heavy atom. The second-order valence-corrected chi connectivity index (χ2v) is 3.40. The number of nitrogens with two attached hydrogens (primary N) is 1. The highest BCUT2D eigenvalue weighted by molar-refractivity contribution is 5.49. The molecular weight excluding hydrogens is 223 g/mol. The number of phenols is 1. The molecular formula is C10H12F3NO2. The van der Waals surface area contributed by atoms with Gasteiger partial charge in [-0.25, -0.2) is 0 Å². The maximum Gasteiger partial charge on any atom is 0.416 e. The van der Waals surface area contributed by atoms with Gasteiger partial charge < -0.3 is 15.6 Å². The molecule has 0 heterocycles. The fourth-order valence-electron chi connectivity index (χ4n) is 1.40. The van der Waals surface area contributed by atoms with E-state index in [1.807, 2.05) is 0 Å². The molecule has 0 spiro atoms. The van der Waals surface area contributed by atoms with Gasteiger partial charge in [-0.2, -0.15) is 13.2 Å². The Morgan fingerprint density at radius 2 is 1.94 bits per heavy atom. The fraction of sp³-hybridized carbons (Fsp3) is 0.400. The first-order chi connectivity index (χ1) is 7.27. The van der Waals surface area contributed by atoms with Crippen LogP contribution in [0.5, 0.6) is 11.5 Å². The van der Waals surface area contributed by atoms with E-state index in [1.54, 1.807) is 6.92 Å². The molecule has 1 atom stereocenters. The molecule has 0 bridgehead atoms. The summed E-state index contributed by atoms with van der Waals surface area (Å²) in [5.74, 6) is -0.580. The highest BCUT2D eigenvalue weighted by Gasteiger charge is 2.33. The molecule has 0 aliphatic carbocycles. The van der Waals surface area contributed by atoms with E-state index in [0.717, 1.165) is 6.07 Å². The second kappa shape index (κ2) is 4.21. The molecule has 6 heteroatoms. The molecule has 0 aliphatic rings. The van der Waals surface area contributed by atoms with Gasteiger partial charge in [-0.1, -0.05) is 0 Å². The van der Waals surface area contributed by atoms with Crippen molar-refractivity contribution in [2.45, 2.75) is 19.1 Å². The summed E-state index contributed by atoms with van der Waals surface area (Å²) < 4.78 is 42.0. The Kier molecular flexibility index (Phi) is 3.32. The number of ether oxygens (including phenoxy) is 1. The van der Waals surface area contributed by atoms with E-state index in [0.29, 0.717) is 6.07 Å². The monoisotopic (exact) mass is 235 g/mol. The smallest absolute Gasteiger partial charge is 0.416 e. The first kappa shape index (κ1) is 12.6. The molecule has 16 heavy (non-hydrogen) atoms. The summed E-state index contributed by atoms with van der Waals surface area (Å²) >= 11 is 0. The minimum absolute atomic E-state index is 0.0673. The van der Waals surface area contributed by atoms with E-state index in [2.05, 4.69) is 0 Å². The molecule has 3 N–H and O–H groups in total. The number of benzene rings is 1. The highest BCUT2D eigenvalue weighted by atomic mass is 19.4. The van der Waals surface area contributed by atoms with Crippen LogP contribution in [0.3, 0.4) is 0 Å². The molecule has 1 aromatic carbocycles. The summed E-state index contributed by atoms with van der Waals surface area (Å²) in [6.45, 7) is 1.55. The highest BCUT2D eigenvalue weighted by Crippen LogP contribution is 2.39. The summed E-state index contributed by atoms with van der Waals surface area (Å²) in [5, 5.41) is 9.48. The number of phenolic OH excluding ortho intramolecular Hbond substituents is 1. The van der Waals surface area contributed by atoms with Gasteiger partial charge in [0.05, 0.1) is 18.2 Å². The minimum atomic E-state index is -4.53. The van der Waals surface area contributed by atoms with Crippen LogP contribution in [0.15, 0.2) is 12.1 Å². The summed E-state index contributed by atoms with van der Waals surface area (Å²) in [6.07, 6.45) is -4.53. The molecule has 0 saturated heterocycles. The largest absolute Gasteiger partial charge is 0.507 e. The third-order valence-corrected chi connectivity index (χ3v) is 2.12. The third kappa shape index (κ3) is 2.38. The first-order valence-corrected chi connectivity index (χ1v) is 4.51. The van der Waals surface area contributed by atoms with E-state index in [4.69, 9.17) is 10.5 Å². The molecule has 90 valence electrons. The normalized spacial score (nSPS) is 13.6. The Bertz CT molecular complexity index is 388. The molecule has 1 aromatic rings. The SMILES string of the molecule is COc1cc(C(F)(F)F)cc(O)c1C(C)N. The molecule has 0 amide bonds. The Labute approximate surface area is 90.6 Å². The van der Waals surface area contributed by atoms with E-state index >= 15 is 0 Å². The van der Waals surface area contributed by atoms with E-state index in [1.165, 1.54) is 7.11 Å². The Morgan fingerprint density at radius 3 is 2.31 bits per heavy atom. The van der Waals surface area contributed by atoms with Crippen LogP contribution >= 0.6 is 0 Å². The zero-order valence-corrected chi connectivity index (χ0v) is 8.80. The summed E-state index contributed by atoms with van der Waals surface area (Å²) in [5.41, 5.74) is 4.72. The van der Waals surface area contributed by atoms with Crippen LogP contribution in [0.1, 0.15) is 24.1 Å². The van der Waals surface area contributed by atoms with Crippen LogP contribution in [0.4, 0.5) is 13.2 Å². The Balaban J connectivity index is 3.38. The van der Waals surface area contributed by atoms with Crippen molar-refractivity contribution in [3.8, 4) is 11.5 Å². The minimum Gasteiger partial charge on any atom is -0.507 e. The number of alkyl halides is 3. The van der Waals surface area contributed by atoms with Crippen LogP contribution < -0.4 is 10.5 Å². The van der Waals surface area contributed by atoms with Crippen LogP contribution in [-0.2, 0) is 6.18 Å². The maximum atomic E-state index is 12.4. The van der Waals surface area contributed by atoms with Crippen molar-refractivity contribution in [2.75, 3.05) is 7.11 Å². The standard InChI is InChI=1S/C10H12F3NO2/c1-5(14)9-7(15)3-6(10(11,12)13)4-8(9)16-2/h3-5,15H,14H2,1-2H3. The maximum absolute atomic E-state index is 12.4. The average molecular weight is 235 g/mol. The van der Waals surface area contributed by atoms with Gasteiger partial charge in [0.2, 0.25) is 0 Å². The fourth-order valence-corrected chi connectivity index (χ4v) is 1.40. The van der Waals surface area contributed by atoms with Crippen molar-refractivity contribution in [1.82, 2.24) is 0 Å². The third-order valence-electron chi connectivity index (χ3n) is 2.12. The van der Waals surface area contributed by atoms with Crippen molar-refractivity contribution < 1.29 is 23.0 Å². The number of halogens is 3. The zero-order valence-electron chi connectivity index (χ0n) is 8.80. The van der Waals surface area contributed by atoms with E-state index < -0.39 is 23.5 Å². The molecule has 0 aromatic heterocycles. The van der Waals surface area contributed by atoms with Crippen LogP contribution in [-0.4, -0.2) is 12.2 Å². The number of rotatable bonds is 2. The molecule has 3 nitrogen and oxygen atoms in total. The molecule has 0 radical (unpaired) electrons. The van der Waals surface area contributed by atoms with Gasteiger partial charge in [0, 0.05) is 6.04 Å². The number of hydrogen-bond acceptors (Lipinski definition) is 3. The quantitative estimate of drug-likeness (QED) is 0.827. The van der Waals surface area contributed by atoms with Gasteiger partial charge >= 0.3 is 6.18 Å². The number of aromatic hydroxyl groups is 1. The topological polar surface area (TPSA) is 55.5 Å². The predicted molar refractivity (Wildman–Crippen MR) is 52.3 cm³/mol. The lowest BCUT2D eigenvalue weighted by Crippen LogP contribution is -2.10. The van der Waals surface area contributed by atoms with Gasteiger partial charge in [0.25, 0.3) is 0 Å². The lowest BCUT2D eigenvalue weighted by atomic mass is 10.0. The predicted octanol–water partition coefficient (Wildman–Crippen LogP) is 2.44. The van der Waals surface area contributed by atoms with Gasteiger partial charge in [-0.3, -0.25) is 0 Å². The molecule has 0 fully saturated rings. The summed E-state index contributed by atoms with van der Waals surface area (Å²) in [7, 11) is 1.22. The van der Waals surface area contributed by atoms with Gasteiger partial charge in [-0.05, 0) is 19.1 Å². The molecule has 0 aliphatic heterocycles. The van der Waals surface area contributed by atoms with Crippen molar-refractivity contribution in [2.24, 2.45) is 5.73 Å². The zero-order chi connectivity index (χ0) is 12.5. The number of methoxy groups -OCH3 is 1. The molecule has 0 saturated carbocycles. The van der Waals surface area contributed by atoms with E-state index in [-0.39, 0.29) is 11.3 Å². The van der Waals surface area contributed by atoms with Crippen molar-refractivity contribution in [3.05, 3.63) is 23.3 Å². The number of hydrogen-bond donors (Lipinski definition) is 2. The summed E-state index contributed by atoms with van der Waals surface area (Å²) in [4.78, 5) is 0. The van der Waals surface area contributed by atoms with Crippen LogP contribution in [0, 0.1) is 0 Å². The Hall–Kier alpha value is -1.43. The molecule has 1 rings (SSSR count). The lowest BCUT2D eigenvalue weighted by Gasteiger charge is -2.16. The van der Waals surface area contributed by atoms with Gasteiger partial charge in [0.1, 0.15) is 11.5 Å². The van der Waals surface area contributed by atoms with Crippen LogP contribution in [0.2, 0.25) is 0 Å². The second-order valence-electron chi connectivity index (χ2n) is 3.40. The van der Waals surface area contributed by atoms with Crippen molar-refractivity contribution in [3.63, 3.8) is 0 Å². The van der Waals surface area contributed by atoms with Gasteiger partial charge in [-0.15, -0.1) is 0 Å². The lowest BCUT2D eigenvalue weighted by molar-refractivity contribution is -0.137. The van der Waals surface area contributed by atoms with Crippen LogP contribution in [0.25, 0.3) is 0 Å². The van der Waals surface area contributed by atoms with Crippen molar-refractivity contribution >= 4 is 0 Å². The van der Waals surface area contributed by atoms with Crippen molar-refractivity contribution in [1.29, 1.82) is 0 Å². The molecule has 1 unspecified atom stereocenters. The average Bonchev–Trinajstić information content (AvgIpc) is 2.14.